The monoisotopic (exact) mass is 868 g/mol. The Morgan fingerprint density at radius 2 is 1.59 bits per heavy atom. The second-order valence-corrected chi connectivity index (χ2v) is 18.5. The molecule has 4 aliphatic heterocycles. The smallest absolute Gasteiger partial charge is 0.417 e. The van der Waals surface area contributed by atoms with Crippen LogP contribution in [0.2, 0.25) is 0 Å². The lowest BCUT2D eigenvalue weighted by molar-refractivity contribution is -0.164. The summed E-state index contributed by atoms with van der Waals surface area (Å²) in [6, 6.07) is 12.5. The maximum absolute atomic E-state index is 13.6. The molecule has 5 heterocycles. The van der Waals surface area contributed by atoms with Crippen LogP contribution in [0.4, 0.5) is 24.7 Å². The fraction of sp³-hybridized carbons (Fsp3) is 0.500. The Labute approximate surface area is 363 Å². The van der Waals surface area contributed by atoms with Crippen LogP contribution in [0, 0.1) is 28.1 Å². The van der Waals surface area contributed by atoms with Gasteiger partial charge in [0.1, 0.15) is 23.7 Å². The Bertz CT molecular complexity index is 2350. The molecule has 332 valence electrons. The Kier molecular flexibility index (Phi) is 11.5. The van der Waals surface area contributed by atoms with Crippen LogP contribution in [0.5, 0.6) is 5.75 Å². The molecule has 4 fully saturated rings. The number of alkyl halides is 3. The minimum atomic E-state index is -4.70. The van der Waals surface area contributed by atoms with Gasteiger partial charge in [0.25, 0.3) is 17.7 Å². The fourth-order valence-corrected chi connectivity index (χ4v) is 10.5. The first kappa shape index (κ1) is 43.6. The number of benzene rings is 2. The Morgan fingerprint density at radius 1 is 0.889 bits per heavy atom. The minimum Gasteiger partial charge on any atom is -0.489 e. The number of hydrogen-bond donors (Lipinski definition) is 2. The van der Waals surface area contributed by atoms with Gasteiger partial charge in [-0.1, -0.05) is 27.7 Å². The Balaban J connectivity index is 0.775. The number of piperazine rings is 1. The number of ether oxygens (including phenoxy) is 1. The third kappa shape index (κ3) is 8.32. The van der Waals surface area contributed by atoms with Crippen LogP contribution in [-0.4, -0.2) is 108 Å². The van der Waals surface area contributed by atoms with Crippen molar-refractivity contribution in [2.45, 2.75) is 84.2 Å². The van der Waals surface area contributed by atoms with Gasteiger partial charge in [0.15, 0.2) is 0 Å². The number of imide groups is 2. The first-order valence-corrected chi connectivity index (χ1v) is 21.5. The van der Waals surface area contributed by atoms with Gasteiger partial charge in [0, 0.05) is 74.4 Å². The molecule has 1 aliphatic carbocycles. The molecule has 1 saturated carbocycles. The number of nitrogens with zero attached hydrogens (tertiary/aromatic N) is 6. The maximum Gasteiger partial charge on any atom is 0.417 e. The number of aromatic nitrogens is 1. The van der Waals surface area contributed by atoms with Crippen molar-refractivity contribution in [3.8, 4) is 11.8 Å². The molecule has 2 aromatic carbocycles. The average molecular weight is 869 g/mol. The molecule has 5 aliphatic rings. The van der Waals surface area contributed by atoms with Crippen molar-refractivity contribution in [1.29, 1.82) is 5.26 Å². The predicted molar refractivity (Wildman–Crippen MR) is 225 cm³/mol. The molecule has 2 N–H and O–H groups in total. The van der Waals surface area contributed by atoms with Crippen molar-refractivity contribution in [3.63, 3.8) is 0 Å². The third-order valence-electron chi connectivity index (χ3n) is 13.7. The van der Waals surface area contributed by atoms with E-state index in [0.29, 0.717) is 11.5 Å². The zero-order chi connectivity index (χ0) is 45.0. The summed E-state index contributed by atoms with van der Waals surface area (Å²) in [6.45, 7) is 13.6. The summed E-state index contributed by atoms with van der Waals surface area (Å²) >= 11 is 0. The molecule has 14 nitrogen and oxygen atoms in total. The number of rotatable bonds is 10. The van der Waals surface area contributed by atoms with E-state index in [0.717, 1.165) is 93.6 Å². The number of piperidine rings is 2. The number of nitrogens with one attached hydrogen (secondary N) is 2. The van der Waals surface area contributed by atoms with E-state index < -0.39 is 63.9 Å². The van der Waals surface area contributed by atoms with Gasteiger partial charge in [-0.2, -0.15) is 18.4 Å². The molecule has 5 amide bonds. The van der Waals surface area contributed by atoms with Gasteiger partial charge in [-0.15, -0.1) is 0 Å². The van der Waals surface area contributed by atoms with Crippen molar-refractivity contribution in [2.24, 2.45) is 16.7 Å². The van der Waals surface area contributed by atoms with E-state index in [1.165, 1.54) is 6.07 Å². The molecular weight excluding hydrogens is 818 g/mol. The first-order valence-electron chi connectivity index (χ1n) is 21.5. The SMILES string of the molecule is CC1(C)[C@H](NC(=O)c2ccc(N3CCC(CCN4CCN(c5ccc6c(c5)C(=O)N(C5CCC(=O)NC5=O)C6=O)CC4)CC3)nc2)C(C)(C)[C@H]1Oc1ccc(C#N)c(C(F)(F)F)c1. The summed E-state index contributed by atoms with van der Waals surface area (Å²) in [7, 11) is 0. The second kappa shape index (κ2) is 16.6. The number of amides is 5. The maximum atomic E-state index is 13.6. The number of carbonyl (C=O) groups excluding carboxylic acids is 5. The van der Waals surface area contributed by atoms with Gasteiger partial charge in [0.2, 0.25) is 11.8 Å². The lowest BCUT2D eigenvalue weighted by Crippen LogP contribution is -2.74. The van der Waals surface area contributed by atoms with Crippen LogP contribution < -0.4 is 25.2 Å². The molecule has 0 bridgehead atoms. The molecule has 3 aromatic rings. The normalized spacial score (nSPS) is 23.8. The molecule has 63 heavy (non-hydrogen) atoms. The van der Waals surface area contributed by atoms with Gasteiger partial charge in [-0.25, -0.2) is 4.98 Å². The molecule has 0 spiro atoms. The largest absolute Gasteiger partial charge is 0.489 e. The number of anilines is 2. The molecule has 3 saturated heterocycles. The van der Waals surface area contributed by atoms with E-state index in [1.807, 2.05) is 39.8 Å². The number of halogens is 3. The summed E-state index contributed by atoms with van der Waals surface area (Å²) in [6.07, 6.45) is -0.326. The van der Waals surface area contributed by atoms with Crippen molar-refractivity contribution < 1.29 is 41.9 Å². The highest BCUT2D eigenvalue weighted by molar-refractivity contribution is 6.23. The fourth-order valence-electron chi connectivity index (χ4n) is 10.5. The van der Waals surface area contributed by atoms with Crippen molar-refractivity contribution >= 4 is 41.0 Å². The van der Waals surface area contributed by atoms with Crippen LogP contribution in [0.3, 0.4) is 0 Å². The third-order valence-corrected chi connectivity index (χ3v) is 13.7. The van der Waals surface area contributed by atoms with Gasteiger partial charge in [0.05, 0.1) is 33.9 Å². The van der Waals surface area contributed by atoms with Crippen LogP contribution >= 0.6 is 0 Å². The number of nitriles is 1. The molecular formula is C46H51F3N8O6. The standard InChI is InChI=1S/C46H51F3N8O6/c1-44(2)42(45(3,4)43(44)63-31-8-5-28(25-50)34(24-31)46(47,48)49)53-38(59)29-6-11-36(51-26-29)56-17-14-27(15-18-56)13-16-54-19-21-55(22-20-54)30-7-9-32-33(23-30)41(62)57(40(32)61)35-10-12-37(58)52-39(35)60/h5-9,11,23-24,26-27,35,42-43H,10,12-22H2,1-4H3,(H,53,59)(H,52,58,60)/t35?,42-,43-. The lowest BCUT2D eigenvalue weighted by atomic mass is 9.49. The van der Waals surface area contributed by atoms with E-state index in [2.05, 4.69) is 30.3 Å². The quantitative estimate of drug-likeness (QED) is 0.250. The van der Waals surface area contributed by atoms with E-state index in [-0.39, 0.29) is 41.7 Å². The topological polar surface area (TPSA) is 168 Å². The van der Waals surface area contributed by atoms with Gasteiger partial charge >= 0.3 is 6.18 Å². The summed E-state index contributed by atoms with van der Waals surface area (Å²) in [5, 5.41) is 14.5. The average Bonchev–Trinajstić information content (AvgIpc) is 3.51. The van der Waals surface area contributed by atoms with Crippen LogP contribution in [0.25, 0.3) is 0 Å². The van der Waals surface area contributed by atoms with E-state index in [9.17, 15) is 37.1 Å². The number of fused-ring (bicyclic) bond motifs is 1. The molecule has 1 atom stereocenters. The van der Waals surface area contributed by atoms with Gasteiger partial charge < -0.3 is 19.9 Å². The molecule has 1 aromatic heterocycles. The summed E-state index contributed by atoms with van der Waals surface area (Å²) in [5.41, 5.74) is -0.953. The molecule has 0 radical (unpaired) electrons. The molecule has 8 rings (SSSR count). The first-order chi connectivity index (χ1) is 29.9. The predicted octanol–water partition coefficient (Wildman–Crippen LogP) is 5.41. The summed E-state index contributed by atoms with van der Waals surface area (Å²) < 4.78 is 46.9. The van der Waals surface area contributed by atoms with Crippen molar-refractivity contribution in [1.82, 2.24) is 25.4 Å². The van der Waals surface area contributed by atoms with Crippen molar-refractivity contribution in [2.75, 3.05) is 55.6 Å². The van der Waals surface area contributed by atoms with Crippen LogP contribution in [0.1, 0.15) is 102 Å². The molecule has 1 unspecified atom stereocenters. The zero-order valence-corrected chi connectivity index (χ0v) is 35.8. The van der Waals surface area contributed by atoms with Crippen LogP contribution in [0.15, 0.2) is 54.7 Å². The summed E-state index contributed by atoms with van der Waals surface area (Å²) in [5.74, 6) is -0.956. The number of carbonyl (C=O) groups is 5. The highest BCUT2D eigenvalue weighted by Crippen LogP contribution is 2.56. The van der Waals surface area contributed by atoms with Crippen LogP contribution in [-0.2, 0) is 15.8 Å². The highest BCUT2D eigenvalue weighted by Gasteiger charge is 2.64. The second-order valence-electron chi connectivity index (χ2n) is 18.5. The van der Waals surface area contributed by atoms with E-state index in [4.69, 9.17) is 10.00 Å². The van der Waals surface area contributed by atoms with Crippen molar-refractivity contribution in [3.05, 3.63) is 82.5 Å². The number of hydrogen-bond acceptors (Lipinski definition) is 11. The summed E-state index contributed by atoms with van der Waals surface area (Å²) in [4.78, 5) is 76.5. The van der Waals surface area contributed by atoms with E-state index in [1.54, 1.807) is 30.5 Å². The van der Waals surface area contributed by atoms with E-state index >= 15 is 0 Å². The molecule has 17 heteroatoms. The lowest BCUT2D eigenvalue weighted by Gasteiger charge is -2.63. The van der Waals surface area contributed by atoms with Gasteiger partial charge in [-0.3, -0.25) is 39.1 Å². The highest BCUT2D eigenvalue weighted by atomic mass is 19.4. The van der Waals surface area contributed by atoms with Gasteiger partial charge in [-0.05, 0) is 86.7 Å². The Morgan fingerprint density at radius 3 is 2.22 bits per heavy atom. The Hall–Kier alpha value is -6.02. The zero-order valence-electron chi connectivity index (χ0n) is 35.8. The minimum absolute atomic E-state index is 0.00920. The number of pyridine rings is 1.